The van der Waals surface area contributed by atoms with Crippen molar-refractivity contribution in [1.82, 2.24) is 9.55 Å². The van der Waals surface area contributed by atoms with Gasteiger partial charge in [0, 0.05) is 17.4 Å². The van der Waals surface area contributed by atoms with Crippen molar-refractivity contribution in [3.63, 3.8) is 0 Å². The lowest BCUT2D eigenvalue weighted by molar-refractivity contribution is -0.113. The molecule has 1 heterocycles. The minimum Gasteiger partial charge on any atom is -0.495 e. The molecule has 31 heavy (non-hydrogen) atoms. The van der Waals surface area contributed by atoms with E-state index in [2.05, 4.69) is 5.32 Å². The van der Waals surface area contributed by atoms with E-state index in [0.717, 1.165) is 39.1 Å². The van der Waals surface area contributed by atoms with Gasteiger partial charge in [0.15, 0.2) is 5.16 Å². The van der Waals surface area contributed by atoms with Gasteiger partial charge in [0.2, 0.25) is 5.91 Å². The first-order valence-corrected chi connectivity index (χ1v) is 10.9. The Morgan fingerprint density at radius 1 is 1.00 bits per heavy atom. The number of carbonyl (C=O) groups is 1. The number of methoxy groups -OCH3 is 1. The van der Waals surface area contributed by atoms with Crippen LogP contribution in [0.4, 0.5) is 5.69 Å². The normalized spacial score (nSPS) is 10.6. The van der Waals surface area contributed by atoms with Crippen LogP contribution < -0.4 is 10.1 Å². The van der Waals surface area contributed by atoms with Gasteiger partial charge in [-0.2, -0.15) is 0 Å². The number of carbonyl (C=O) groups excluding carboxylic acids is 1. The molecule has 6 heteroatoms. The quantitative estimate of drug-likeness (QED) is 0.389. The van der Waals surface area contributed by atoms with E-state index in [0.29, 0.717) is 0 Å². The monoisotopic (exact) mass is 429 g/mol. The number of ether oxygens (including phenoxy) is 1. The van der Waals surface area contributed by atoms with E-state index in [1.165, 1.54) is 11.8 Å². The van der Waals surface area contributed by atoms with Crippen LogP contribution in [0.15, 0.2) is 90.2 Å². The molecule has 4 aromatic rings. The molecule has 0 fully saturated rings. The summed E-state index contributed by atoms with van der Waals surface area (Å²) in [5.41, 5.74) is 4.59. The number of hydrogen-bond acceptors (Lipinski definition) is 4. The van der Waals surface area contributed by atoms with Gasteiger partial charge in [-0.3, -0.25) is 9.36 Å². The van der Waals surface area contributed by atoms with Crippen molar-refractivity contribution in [2.75, 3.05) is 18.2 Å². The van der Waals surface area contributed by atoms with Crippen molar-refractivity contribution in [2.24, 2.45) is 0 Å². The van der Waals surface area contributed by atoms with E-state index >= 15 is 0 Å². The van der Waals surface area contributed by atoms with E-state index < -0.39 is 0 Å². The molecule has 0 aliphatic heterocycles. The molecular formula is C25H23N3O2S. The van der Waals surface area contributed by atoms with Crippen LogP contribution in [-0.4, -0.2) is 28.3 Å². The SMILES string of the molecule is COc1ccccc1-n1cc(-c2ccccc2)nc1SCC(=O)Nc1ccccc1C. The van der Waals surface area contributed by atoms with Crippen LogP contribution in [0.25, 0.3) is 16.9 Å². The van der Waals surface area contributed by atoms with Crippen LogP contribution >= 0.6 is 11.8 Å². The smallest absolute Gasteiger partial charge is 0.234 e. The molecule has 156 valence electrons. The van der Waals surface area contributed by atoms with Gasteiger partial charge in [0.1, 0.15) is 5.75 Å². The first-order valence-electron chi connectivity index (χ1n) is 9.92. The first-order chi connectivity index (χ1) is 15.2. The molecule has 0 atom stereocenters. The fourth-order valence-electron chi connectivity index (χ4n) is 3.24. The predicted octanol–water partition coefficient (Wildman–Crippen LogP) is 5.59. The number of hydrogen-bond donors (Lipinski definition) is 1. The highest BCUT2D eigenvalue weighted by Crippen LogP contribution is 2.31. The fourth-order valence-corrected chi connectivity index (χ4v) is 4.03. The lowest BCUT2D eigenvalue weighted by Crippen LogP contribution is -2.15. The largest absolute Gasteiger partial charge is 0.495 e. The number of nitrogens with one attached hydrogen (secondary N) is 1. The van der Waals surface area contributed by atoms with Crippen molar-refractivity contribution >= 4 is 23.4 Å². The summed E-state index contributed by atoms with van der Waals surface area (Å²) in [6.45, 7) is 1.98. The fraction of sp³-hybridized carbons (Fsp3) is 0.120. The van der Waals surface area contributed by atoms with Crippen molar-refractivity contribution in [2.45, 2.75) is 12.1 Å². The summed E-state index contributed by atoms with van der Waals surface area (Å²) in [6.07, 6.45) is 1.98. The molecule has 0 aliphatic rings. The van der Waals surface area contributed by atoms with Crippen molar-refractivity contribution in [3.8, 4) is 22.7 Å². The Balaban J connectivity index is 1.62. The minimum atomic E-state index is -0.0739. The van der Waals surface area contributed by atoms with E-state index in [1.807, 2.05) is 96.6 Å². The molecule has 0 saturated heterocycles. The number of nitrogens with zero attached hydrogens (tertiary/aromatic N) is 2. The number of thioether (sulfide) groups is 1. The maximum absolute atomic E-state index is 12.6. The number of amides is 1. The van der Waals surface area contributed by atoms with Gasteiger partial charge >= 0.3 is 0 Å². The number of aromatic nitrogens is 2. The van der Waals surface area contributed by atoms with Crippen LogP contribution in [0.1, 0.15) is 5.56 Å². The number of imidazole rings is 1. The third-order valence-electron chi connectivity index (χ3n) is 4.84. The summed E-state index contributed by atoms with van der Waals surface area (Å²) in [6, 6.07) is 25.5. The summed E-state index contributed by atoms with van der Waals surface area (Å²) < 4.78 is 7.53. The Morgan fingerprint density at radius 3 is 2.48 bits per heavy atom. The van der Waals surface area contributed by atoms with E-state index in [9.17, 15) is 4.79 Å². The molecule has 5 nitrogen and oxygen atoms in total. The molecule has 3 aromatic carbocycles. The second-order valence-corrected chi connectivity index (χ2v) is 7.91. The van der Waals surface area contributed by atoms with Gasteiger partial charge in [-0.1, -0.05) is 72.4 Å². The van der Waals surface area contributed by atoms with E-state index in [-0.39, 0.29) is 11.7 Å². The second-order valence-electron chi connectivity index (χ2n) is 6.97. The number of rotatable bonds is 7. The molecule has 0 unspecified atom stereocenters. The van der Waals surface area contributed by atoms with Crippen LogP contribution in [0, 0.1) is 6.92 Å². The summed E-state index contributed by atoms with van der Waals surface area (Å²) in [5.74, 6) is 0.912. The van der Waals surface area contributed by atoms with Gasteiger partial charge in [0.05, 0.1) is 24.2 Å². The topological polar surface area (TPSA) is 56.2 Å². The van der Waals surface area contributed by atoms with Gasteiger partial charge in [-0.25, -0.2) is 4.98 Å². The van der Waals surface area contributed by atoms with Crippen LogP contribution in [0.3, 0.4) is 0 Å². The highest BCUT2D eigenvalue weighted by molar-refractivity contribution is 7.99. The zero-order valence-corrected chi connectivity index (χ0v) is 18.2. The number of benzene rings is 3. The summed E-state index contributed by atoms with van der Waals surface area (Å²) >= 11 is 1.39. The number of anilines is 1. The maximum atomic E-state index is 12.6. The van der Waals surface area contributed by atoms with Crippen LogP contribution in [0.2, 0.25) is 0 Å². The highest BCUT2D eigenvalue weighted by Gasteiger charge is 2.16. The second kappa shape index (κ2) is 9.53. The lowest BCUT2D eigenvalue weighted by atomic mass is 10.2. The highest BCUT2D eigenvalue weighted by atomic mass is 32.2. The average molecular weight is 430 g/mol. The maximum Gasteiger partial charge on any atom is 0.234 e. The average Bonchev–Trinajstić information content (AvgIpc) is 3.24. The molecule has 0 spiro atoms. The van der Waals surface area contributed by atoms with Crippen LogP contribution in [0.5, 0.6) is 5.75 Å². The molecule has 0 aliphatic carbocycles. The third kappa shape index (κ3) is 4.81. The Bertz CT molecular complexity index is 1190. The first kappa shape index (κ1) is 20.8. The summed E-state index contributed by atoms with van der Waals surface area (Å²) in [5, 5.41) is 3.70. The lowest BCUT2D eigenvalue weighted by Gasteiger charge is -2.12. The van der Waals surface area contributed by atoms with Gasteiger partial charge in [-0.05, 0) is 30.7 Å². The molecule has 1 amide bonds. The summed E-state index contributed by atoms with van der Waals surface area (Å²) in [7, 11) is 1.65. The molecule has 1 aromatic heterocycles. The number of aryl methyl sites for hydroxylation is 1. The van der Waals surface area contributed by atoms with Gasteiger partial charge < -0.3 is 10.1 Å². The van der Waals surface area contributed by atoms with Gasteiger partial charge in [-0.15, -0.1) is 0 Å². The molecule has 0 radical (unpaired) electrons. The molecule has 1 N–H and O–H groups in total. The Hall–Kier alpha value is -3.51. The molecule has 4 rings (SSSR count). The molecule has 0 bridgehead atoms. The summed E-state index contributed by atoms with van der Waals surface area (Å²) in [4.78, 5) is 17.4. The Kier molecular flexibility index (Phi) is 6.38. The third-order valence-corrected chi connectivity index (χ3v) is 5.79. The van der Waals surface area contributed by atoms with E-state index in [4.69, 9.17) is 9.72 Å². The van der Waals surface area contributed by atoms with Crippen LogP contribution in [-0.2, 0) is 4.79 Å². The standard InChI is InChI=1S/C25H23N3O2S/c1-18-10-6-7-13-20(18)26-24(29)17-31-25-27-21(19-11-4-3-5-12-19)16-28(25)22-14-8-9-15-23(22)30-2/h3-16H,17H2,1-2H3,(H,26,29). The molecule has 0 saturated carbocycles. The molecular weight excluding hydrogens is 406 g/mol. The zero-order valence-electron chi connectivity index (χ0n) is 17.4. The van der Waals surface area contributed by atoms with Gasteiger partial charge in [0.25, 0.3) is 0 Å². The predicted molar refractivity (Wildman–Crippen MR) is 126 cm³/mol. The van der Waals surface area contributed by atoms with Crippen molar-refractivity contribution < 1.29 is 9.53 Å². The number of para-hydroxylation sites is 3. The van der Waals surface area contributed by atoms with E-state index in [1.54, 1.807) is 7.11 Å². The Labute approximate surface area is 186 Å². The Morgan fingerprint density at radius 2 is 1.71 bits per heavy atom. The zero-order chi connectivity index (χ0) is 21.6. The van der Waals surface area contributed by atoms with Crippen molar-refractivity contribution in [3.05, 3.63) is 90.6 Å². The van der Waals surface area contributed by atoms with Crippen molar-refractivity contribution in [1.29, 1.82) is 0 Å². The minimum absolute atomic E-state index is 0.0739.